The standard InChI is InChI=1S/C30H38N8O5S/c1-19-20(2)35-36-27(19)34-28-22-15-25(44(40,41)30(3,4)5)24(16-23(22)32-18-33-28)43-14-13-37-9-11-38(12-10-37)26-8-7-21(17-31-26)29(39)42-6/h7-8,15-18H,9-14H2,1-6H3,(H2,32,33,34,35,36). The van der Waals surface area contributed by atoms with E-state index in [9.17, 15) is 13.2 Å². The van der Waals surface area contributed by atoms with Crippen LogP contribution in [0.5, 0.6) is 5.75 Å². The maximum atomic E-state index is 13.8. The number of pyridine rings is 1. The molecule has 0 saturated carbocycles. The van der Waals surface area contributed by atoms with E-state index in [1.807, 2.05) is 19.9 Å². The van der Waals surface area contributed by atoms with Crippen LogP contribution in [0.25, 0.3) is 10.9 Å². The highest BCUT2D eigenvalue weighted by molar-refractivity contribution is 7.92. The molecule has 4 heterocycles. The van der Waals surface area contributed by atoms with Crippen molar-refractivity contribution >= 4 is 44.2 Å². The summed E-state index contributed by atoms with van der Waals surface area (Å²) in [4.78, 5) is 29.4. The van der Waals surface area contributed by atoms with Gasteiger partial charge in [-0.15, -0.1) is 0 Å². The number of nitrogens with one attached hydrogen (secondary N) is 2. The molecule has 0 amide bonds. The first-order valence-electron chi connectivity index (χ1n) is 14.4. The number of ether oxygens (including phenoxy) is 2. The first-order valence-corrected chi connectivity index (χ1v) is 15.8. The molecule has 1 aliphatic heterocycles. The molecule has 0 atom stereocenters. The highest BCUT2D eigenvalue weighted by atomic mass is 32.2. The van der Waals surface area contributed by atoms with Crippen LogP contribution in [0.4, 0.5) is 17.5 Å². The van der Waals surface area contributed by atoms with E-state index in [1.54, 1.807) is 39.0 Å². The highest BCUT2D eigenvalue weighted by Crippen LogP contribution is 2.37. The van der Waals surface area contributed by atoms with E-state index in [0.29, 0.717) is 41.3 Å². The van der Waals surface area contributed by atoms with Gasteiger partial charge in [0.25, 0.3) is 0 Å². The average Bonchev–Trinajstić information content (AvgIpc) is 3.32. The third-order valence-corrected chi connectivity index (χ3v) is 10.3. The number of benzene rings is 1. The number of nitrogens with zero attached hydrogens (tertiary/aromatic N) is 6. The molecule has 44 heavy (non-hydrogen) atoms. The van der Waals surface area contributed by atoms with Crippen molar-refractivity contribution in [3.63, 3.8) is 0 Å². The molecule has 0 aliphatic carbocycles. The normalized spacial score (nSPS) is 14.5. The van der Waals surface area contributed by atoms with E-state index in [1.165, 1.54) is 19.6 Å². The van der Waals surface area contributed by atoms with Crippen LogP contribution in [0.3, 0.4) is 0 Å². The zero-order valence-electron chi connectivity index (χ0n) is 25.8. The quantitative estimate of drug-likeness (QED) is 0.262. The molecule has 0 radical (unpaired) electrons. The Balaban J connectivity index is 1.31. The van der Waals surface area contributed by atoms with Crippen molar-refractivity contribution in [1.29, 1.82) is 0 Å². The van der Waals surface area contributed by atoms with Crippen molar-refractivity contribution in [3.05, 3.63) is 53.6 Å². The van der Waals surface area contributed by atoms with Gasteiger partial charge in [0, 0.05) is 61.6 Å². The molecule has 3 aromatic heterocycles. The lowest BCUT2D eigenvalue weighted by atomic mass is 10.2. The monoisotopic (exact) mass is 622 g/mol. The van der Waals surface area contributed by atoms with Crippen LogP contribution < -0.4 is 15.0 Å². The minimum Gasteiger partial charge on any atom is -0.491 e. The smallest absolute Gasteiger partial charge is 0.339 e. The number of esters is 1. The summed E-state index contributed by atoms with van der Waals surface area (Å²) in [6, 6.07) is 6.80. The van der Waals surface area contributed by atoms with Crippen LogP contribution >= 0.6 is 0 Å². The third-order valence-electron chi connectivity index (χ3n) is 7.82. The van der Waals surface area contributed by atoms with Gasteiger partial charge in [0.05, 0.1) is 22.9 Å². The summed E-state index contributed by atoms with van der Waals surface area (Å²) in [5.74, 6) is 1.71. The topological polar surface area (TPSA) is 156 Å². The summed E-state index contributed by atoms with van der Waals surface area (Å²) in [7, 11) is -2.44. The molecular weight excluding hydrogens is 584 g/mol. The molecule has 0 spiro atoms. The number of fused-ring (bicyclic) bond motifs is 1. The Morgan fingerprint density at radius 1 is 1.05 bits per heavy atom. The average molecular weight is 623 g/mol. The summed E-state index contributed by atoms with van der Waals surface area (Å²) >= 11 is 0. The summed E-state index contributed by atoms with van der Waals surface area (Å²) < 4.78 is 37.4. The lowest BCUT2D eigenvalue weighted by Crippen LogP contribution is -2.47. The van der Waals surface area contributed by atoms with Gasteiger partial charge in [-0.1, -0.05) is 0 Å². The predicted molar refractivity (Wildman–Crippen MR) is 168 cm³/mol. The van der Waals surface area contributed by atoms with Crippen molar-refractivity contribution in [3.8, 4) is 5.75 Å². The van der Waals surface area contributed by atoms with Gasteiger partial charge in [-0.25, -0.2) is 28.2 Å². The predicted octanol–water partition coefficient (Wildman–Crippen LogP) is 3.67. The van der Waals surface area contributed by atoms with Crippen LogP contribution in [0.15, 0.2) is 41.7 Å². The molecule has 0 bridgehead atoms. The number of aromatic amines is 1. The first kappa shape index (κ1) is 31.1. The van der Waals surface area contributed by atoms with Gasteiger partial charge < -0.3 is 19.7 Å². The second kappa shape index (κ2) is 12.4. The van der Waals surface area contributed by atoms with Crippen molar-refractivity contribution in [2.24, 2.45) is 0 Å². The largest absolute Gasteiger partial charge is 0.491 e. The van der Waals surface area contributed by atoms with Gasteiger partial charge >= 0.3 is 5.97 Å². The molecule has 1 fully saturated rings. The van der Waals surface area contributed by atoms with E-state index in [2.05, 4.69) is 40.3 Å². The number of methoxy groups -OCH3 is 1. The number of anilines is 3. The number of carbonyl (C=O) groups is 1. The van der Waals surface area contributed by atoms with Gasteiger partial charge in [0.1, 0.15) is 35.2 Å². The summed E-state index contributed by atoms with van der Waals surface area (Å²) in [5.41, 5.74) is 2.82. The van der Waals surface area contributed by atoms with Gasteiger partial charge in [0.2, 0.25) is 0 Å². The Morgan fingerprint density at radius 3 is 2.41 bits per heavy atom. The lowest BCUT2D eigenvalue weighted by molar-refractivity contribution is 0.0600. The van der Waals surface area contributed by atoms with E-state index < -0.39 is 20.6 Å². The van der Waals surface area contributed by atoms with Crippen molar-refractivity contribution in [1.82, 2.24) is 30.0 Å². The molecule has 13 nitrogen and oxygen atoms in total. The third kappa shape index (κ3) is 6.31. The number of hydrogen-bond acceptors (Lipinski definition) is 12. The Kier molecular flexibility index (Phi) is 8.75. The summed E-state index contributed by atoms with van der Waals surface area (Å²) in [6.45, 7) is 12.9. The van der Waals surface area contributed by atoms with E-state index in [-0.39, 0.29) is 10.6 Å². The molecule has 1 aliphatic rings. The van der Waals surface area contributed by atoms with Gasteiger partial charge in [-0.2, -0.15) is 5.10 Å². The number of sulfone groups is 1. The van der Waals surface area contributed by atoms with Crippen molar-refractivity contribution in [2.75, 3.05) is 56.7 Å². The molecule has 234 valence electrons. The Labute approximate surface area is 256 Å². The van der Waals surface area contributed by atoms with E-state index in [4.69, 9.17) is 9.47 Å². The van der Waals surface area contributed by atoms with Crippen molar-refractivity contribution in [2.45, 2.75) is 44.3 Å². The van der Waals surface area contributed by atoms with Gasteiger partial charge in [-0.3, -0.25) is 10.00 Å². The van der Waals surface area contributed by atoms with E-state index in [0.717, 1.165) is 43.3 Å². The van der Waals surface area contributed by atoms with Gasteiger partial charge in [-0.05, 0) is 52.8 Å². The minimum atomic E-state index is -3.78. The number of carbonyl (C=O) groups excluding carboxylic acids is 1. The molecule has 14 heteroatoms. The minimum absolute atomic E-state index is 0.0941. The van der Waals surface area contributed by atoms with E-state index >= 15 is 0 Å². The van der Waals surface area contributed by atoms with Crippen molar-refractivity contribution < 1.29 is 22.7 Å². The lowest BCUT2D eigenvalue weighted by Gasteiger charge is -2.35. The molecule has 0 unspecified atom stereocenters. The number of rotatable bonds is 9. The second-order valence-electron chi connectivity index (χ2n) is 11.7. The van der Waals surface area contributed by atoms with Crippen LogP contribution in [0.1, 0.15) is 42.4 Å². The summed E-state index contributed by atoms with van der Waals surface area (Å²) in [5, 5.41) is 11.0. The fourth-order valence-corrected chi connectivity index (χ4v) is 6.15. The molecule has 4 aromatic rings. The molecule has 5 rings (SSSR count). The number of piperazine rings is 1. The molecular formula is C30H38N8O5S. The SMILES string of the molecule is COC(=O)c1ccc(N2CCN(CCOc3cc4ncnc(Nc5n[nH]c(C)c5C)c4cc3S(=O)(=O)C(C)(C)C)CC2)nc1. The zero-order chi connectivity index (χ0) is 31.6. The molecule has 2 N–H and O–H groups in total. The molecule has 1 saturated heterocycles. The Bertz CT molecular complexity index is 1760. The second-order valence-corrected chi connectivity index (χ2v) is 14.3. The highest BCUT2D eigenvalue weighted by Gasteiger charge is 2.34. The van der Waals surface area contributed by atoms with Crippen LogP contribution in [0.2, 0.25) is 0 Å². The number of hydrogen-bond donors (Lipinski definition) is 2. The van der Waals surface area contributed by atoms with Crippen LogP contribution in [-0.2, 0) is 14.6 Å². The fraction of sp³-hybridized carbons (Fsp3) is 0.433. The number of aryl methyl sites for hydroxylation is 1. The van der Waals surface area contributed by atoms with Gasteiger partial charge in [0.15, 0.2) is 15.7 Å². The summed E-state index contributed by atoms with van der Waals surface area (Å²) in [6.07, 6.45) is 2.95. The Hall–Kier alpha value is -4.30. The maximum absolute atomic E-state index is 13.8. The fourth-order valence-electron chi connectivity index (χ4n) is 4.83. The number of aromatic nitrogens is 5. The van der Waals surface area contributed by atoms with Crippen LogP contribution in [-0.4, -0.2) is 95.6 Å². The first-order chi connectivity index (χ1) is 20.9. The maximum Gasteiger partial charge on any atom is 0.339 e. The molecule has 1 aromatic carbocycles. The van der Waals surface area contributed by atoms with Crippen LogP contribution in [0, 0.1) is 13.8 Å². The zero-order valence-corrected chi connectivity index (χ0v) is 26.7. The number of H-pyrrole nitrogens is 1. The Morgan fingerprint density at radius 2 is 1.80 bits per heavy atom.